The molecule has 2 saturated heterocycles. The number of carbonyl (C=O) groups is 2. The Balaban J connectivity index is 1.38. The summed E-state index contributed by atoms with van der Waals surface area (Å²) in [7, 11) is 0. The molecular weight excluding hydrogens is 360 g/mol. The highest BCUT2D eigenvalue weighted by atomic mass is 16.6. The zero-order valence-electron chi connectivity index (χ0n) is 15.9. The molecule has 0 bridgehead atoms. The van der Waals surface area contributed by atoms with E-state index in [0.717, 1.165) is 32.4 Å². The van der Waals surface area contributed by atoms with Crippen molar-refractivity contribution in [2.24, 2.45) is 11.3 Å². The van der Waals surface area contributed by atoms with Gasteiger partial charge in [0.25, 0.3) is 11.6 Å². The first-order valence-electron chi connectivity index (χ1n) is 10.0. The lowest BCUT2D eigenvalue weighted by Gasteiger charge is -2.43. The van der Waals surface area contributed by atoms with E-state index in [-0.39, 0.29) is 22.9 Å². The van der Waals surface area contributed by atoms with Gasteiger partial charge in [-0.15, -0.1) is 0 Å². The van der Waals surface area contributed by atoms with E-state index in [1.165, 1.54) is 30.7 Å². The molecule has 1 N–H and O–H groups in total. The van der Waals surface area contributed by atoms with Gasteiger partial charge < -0.3 is 15.1 Å². The van der Waals surface area contributed by atoms with Crippen LogP contribution in [0.1, 0.15) is 36.0 Å². The number of fused-ring (bicyclic) bond motifs is 1. The molecule has 1 aliphatic carbocycles. The summed E-state index contributed by atoms with van der Waals surface area (Å²) in [6, 6.07) is 5.69. The first kappa shape index (κ1) is 18.9. The van der Waals surface area contributed by atoms with Gasteiger partial charge in [-0.25, -0.2) is 0 Å². The van der Waals surface area contributed by atoms with Gasteiger partial charge in [0.05, 0.1) is 10.3 Å². The van der Waals surface area contributed by atoms with Crippen molar-refractivity contribution in [2.45, 2.75) is 25.7 Å². The van der Waals surface area contributed by atoms with Gasteiger partial charge in [-0.2, -0.15) is 0 Å². The van der Waals surface area contributed by atoms with Crippen LogP contribution in [0.2, 0.25) is 0 Å². The maximum atomic E-state index is 13.3. The highest BCUT2D eigenvalue weighted by Crippen LogP contribution is 2.45. The second kappa shape index (κ2) is 7.50. The summed E-state index contributed by atoms with van der Waals surface area (Å²) >= 11 is 0. The van der Waals surface area contributed by atoms with E-state index in [1.54, 1.807) is 4.90 Å². The Kier molecular flexibility index (Phi) is 5.05. The molecule has 2 aliphatic heterocycles. The highest BCUT2D eigenvalue weighted by molar-refractivity contribution is 5.94. The van der Waals surface area contributed by atoms with Crippen molar-refractivity contribution >= 4 is 17.5 Å². The molecule has 1 saturated carbocycles. The first-order chi connectivity index (χ1) is 13.5. The van der Waals surface area contributed by atoms with Crippen LogP contribution in [0.15, 0.2) is 24.3 Å². The average molecular weight is 386 g/mol. The predicted octanol–water partition coefficient (Wildman–Crippen LogP) is 1.66. The summed E-state index contributed by atoms with van der Waals surface area (Å²) in [5, 5.41) is 14.2. The second-order valence-corrected chi connectivity index (χ2v) is 8.12. The van der Waals surface area contributed by atoms with Crippen molar-refractivity contribution in [1.29, 1.82) is 0 Å². The maximum absolute atomic E-state index is 13.3. The van der Waals surface area contributed by atoms with E-state index >= 15 is 0 Å². The molecule has 28 heavy (non-hydrogen) atoms. The van der Waals surface area contributed by atoms with Crippen molar-refractivity contribution in [3.05, 3.63) is 39.9 Å². The smallest absolute Gasteiger partial charge is 0.269 e. The van der Waals surface area contributed by atoms with Crippen LogP contribution in [0.5, 0.6) is 0 Å². The molecule has 0 spiro atoms. The molecule has 2 amide bonds. The standard InChI is InChI=1S/C20H26N4O4/c25-18(15-4-6-17(7-5-15)24(27)28)22-9-11-23(12-10-22)19(26)20-8-2-1-3-16(20)13-21-14-20/h4-7,16,21H,1-3,8-14H2/t16-,20+/m0/s1. The lowest BCUT2D eigenvalue weighted by molar-refractivity contribution is -0.384. The van der Waals surface area contributed by atoms with E-state index in [4.69, 9.17) is 0 Å². The van der Waals surface area contributed by atoms with Gasteiger partial charge in [0.2, 0.25) is 5.91 Å². The minimum Gasteiger partial charge on any atom is -0.339 e. The summed E-state index contributed by atoms with van der Waals surface area (Å²) in [5.74, 6) is 0.552. The number of non-ortho nitro benzene ring substituents is 1. The number of amides is 2. The van der Waals surface area contributed by atoms with Crippen LogP contribution < -0.4 is 5.32 Å². The molecule has 0 radical (unpaired) electrons. The van der Waals surface area contributed by atoms with Crippen molar-refractivity contribution in [3.63, 3.8) is 0 Å². The van der Waals surface area contributed by atoms with Crippen LogP contribution >= 0.6 is 0 Å². The molecule has 8 nitrogen and oxygen atoms in total. The van der Waals surface area contributed by atoms with E-state index in [1.807, 2.05) is 4.90 Å². The third-order valence-electron chi connectivity index (χ3n) is 6.64. The number of rotatable bonds is 3. The van der Waals surface area contributed by atoms with Crippen LogP contribution in [-0.2, 0) is 4.79 Å². The van der Waals surface area contributed by atoms with Gasteiger partial charge in [0.1, 0.15) is 0 Å². The minimum atomic E-state index is -0.478. The minimum absolute atomic E-state index is 0.0292. The van der Waals surface area contributed by atoms with Crippen molar-refractivity contribution < 1.29 is 14.5 Å². The van der Waals surface area contributed by atoms with Gasteiger partial charge in [-0.05, 0) is 37.4 Å². The van der Waals surface area contributed by atoms with Crippen molar-refractivity contribution in [1.82, 2.24) is 15.1 Å². The van der Waals surface area contributed by atoms with Crippen molar-refractivity contribution in [2.75, 3.05) is 39.3 Å². The Morgan fingerprint density at radius 3 is 2.43 bits per heavy atom. The molecule has 0 unspecified atom stereocenters. The van der Waals surface area contributed by atoms with Crippen LogP contribution in [0.3, 0.4) is 0 Å². The number of benzene rings is 1. The number of nitro benzene ring substituents is 1. The average Bonchev–Trinajstić information content (AvgIpc) is 3.18. The molecule has 0 aromatic heterocycles. The Hall–Kier alpha value is -2.48. The van der Waals surface area contributed by atoms with Gasteiger partial charge in [0, 0.05) is 50.4 Å². The number of hydrogen-bond acceptors (Lipinski definition) is 5. The fourth-order valence-electron chi connectivity index (χ4n) is 5.00. The Morgan fingerprint density at radius 2 is 1.75 bits per heavy atom. The van der Waals surface area contributed by atoms with Crippen LogP contribution in [0.25, 0.3) is 0 Å². The summed E-state index contributed by atoms with van der Waals surface area (Å²) in [6.07, 6.45) is 4.41. The second-order valence-electron chi connectivity index (χ2n) is 8.12. The highest BCUT2D eigenvalue weighted by Gasteiger charge is 2.51. The largest absolute Gasteiger partial charge is 0.339 e. The molecule has 4 rings (SSSR count). The van der Waals surface area contributed by atoms with E-state index in [0.29, 0.717) is 37.7 Å². The van der Waals surface area contributed by atoms with E-state index in [2.05, 4.69) is 5.32 Å². The summed E-state index contributed by atoms with van der Waals surface area (Å²) < 4.78 is 0. The molecule has 3 aliphatic rings. The van der Waals surface area contributed by atoms with Gasteiger partial charge >= 0.3 is 0 Å². The third-order valence-corrected chi connectivity index (χ3v) is 6.64. The fourth-order valence-corrected chi connectivity index (χ4v) is 5.00. The van der Waals surface area contributed by atoms with Crippen LogP contribution in [-0.4, -0.2) is 65.8 Å². The molecule has 8 heteroatoms. The maximum Gasteiger partial charge on any atom is 0.269 e. The number of carbonyl (C=O) groups excluding carboxylic acids is 2. The zero-order valence-corrected chi connectivity index (χ0v) is 15.9. The molecular formula is C20H26N4O4. The summed E-state index contributed by atoms with van der Waals surface area (Å²) in [6.45, 7) is 3.80. The first-order valence-corrected chi connectivity index (χ1v) is 10.0. The predicted molar refractivity (Wildman–Crippen MR) is 103 cm³/mol. The SMILES string of the molecule is O=C(c1ccc([N+](=O)[O-])cc1)N1CCN(C(=O)[C@@]23CCCC[C@H]2CNC3)CC1. The van der Waals surface area contributed by atoms with Crippen LogP contribution in [0, 0.1) is 21.4 Å². The Labute approximate surface area is 164 Å². The monoisotopic (exact) mass is 386 g/mol. The quantitative estimate of drug-likeness (QED) is 0.630. The number of hydrogen-bond donors (Lipinski definition) is 1. The molecule has 150 valence electrons. The topological polar surface area (TPSA) is 95.8 Å². The molecule has 2 atom stereocenters. The lowest BCUT2D eigenvalue weighted by atomic mass is 9.67. The van der Waals surface area contributed by atoms with E-state index < -0.39 is 4.92 Å². The summed E-state index contributed by atoms with van der Waals surface area (Å²) in [4.78, 5) is 40.0. The Morgan fingerprint density at radius 1 is 1.07 bits per heavy atom. The number of nitrogens with zero attached hydrogens (tertiary/aromatic N) is 3. The lowest BCUT2D eigenvalue weighted by Crippen LogP contribution is -2.56. The fraction of sp³-hybridized carbons (Fsp3) is 0.600. The normalized spacial score (nSPS) is 27.4. The Bertz CT molecular complexity index is 773. The molecule has 1 aromatic rings. The van der Waals surface area contributed by atoms with E-state index in [9.17, 15) is 19.7 Å². The summed E-state index contributed by atoms with van der Waals surface area (Å²) in [5.41, 5.74) is 0.165. The number of nitro groups is 1. The molecule has 1 aromatic carbocycles. The number of piperazine rings is 1. The number of nitrogens with one attached hydrogen (secondary N) is 1. The van der Waals surface area contributed by atoms with Gasteiger partial charge in [0.15, 0.2) is 0 Å². The van der Waals surface area contributed by atoms with Gasteiger partial charge in [-0.1, -0.05) is 12.8 Å². The molecule has 3 fully saturated rings. The third kappa shape index (κ3) is 3.26. The van der Waals surface area contributed by atoms with Crippen molar-refractivity contribution in [3.8, 4) is 0 Å². The van der Waals surface area contributed by atoms with Crippen LogP contribution in [0.4, 0.5) is 5.69 Å². The zero-order chi connectivity index (χ0) is 19.7. The van der Waals surface area contributed by atoms with Gasteiger partial charge in [-0.3, -0.25) is 19.7 Å². The molecule has 2 heterocycles.